The number of carboxylic acid groups (broad SMARTS) is 1. The van der Waals surface area contributed by atoms with Gasteiger partial charge >= 0.3 is 5.97 Å². The fraction of sp³-hybridized carbons (Fsp3) is 0.600. The molecule has 0 aromatic heterocycles. The molecule has 2 saturated heterocycles. The maximum Gasteiger partial charge on any atom is 0.306 e. The number of halogens is 1. The van der Waals surface area contributed by atoms with E-state index in [0.29, 0.717) is 32.5 Å². The minimum atomic E-state index is -0.731. The van der Waals surface area contributed by atoms with E-state index in [9.17, 15) is 9.59 Å². The Morgan fingerprint density at radius 1 is 1.11 bits per heavy atom. The number of carbonyl (C=O) groups is 2. The van der Waals surface area contributed by atoms with Gasteiger partial charge in [-0.1, -0.05) is 0 Å². The second-order valence-electron chi connectivity index (χ2n) is 7.24. The van der Waals surface area contributed by atoms with Crippen molar-refractivity contribution in [2.45, 2.75) is 31.7 Å². The molecule has 1 aromatic carbocycles. The van der Waals surface area contributed by atoms with E-state index < -0.39 is 5.97 Å². The van der Waals surface area contributed by atoms with Crippen LogP contribution in [-0.4, -0.2) is 67.2 Å². The average Bonchev–Trinajstić information content (AvgIpc) is 3.17. The standard InChI is InChI=1S/C20H28N2O5.ClH/c1-26-15-5-6-18(27-2)16(12-15)17-4-3-9-22(17)19(23)13-21-10-7-14(8-11-21)20(24)25;/h5-6,12,14,17H,3-4,7-11,13H2,1-2H3,(H,24,25);1H. The molecule has 1 aromatic rings. The van der Waals surface area contributed by atoms with Crippen molar-refractivity contribution >= 4 is 24.3 Å². The van der Waals surface area contributed by atoms with Crippen molar-refractivity contribution in [3.63, 3.8) is 0 Å². The Morgan fingerprint density at radius 2 is 1.82 bits per heavy atom. The van der Waals surface area contributed by atoms with Crippen LogP contribution in [0.4, 0.5) is 0 Å². The first-order valence-electron chi connectivity index (χ1n) is 9.50. The molecule has 1 amide bonds. The van der Waals surface area contributed by atoms with Gasteiger partial charge in [0.15, 0.2) is 0 Å². The molecule has 2 fully saturated rings. The summed E-state index contributed by atoms with van der Waals surface area (Å²) in [4.78, 5) is 28.1. The molecule has 2 heterocycles. The summed E-state index contributed by atoms with van der Waals surface area (Å²) in [5, 5.41) is 9.12. The SMILES string of the molecule is COc1ccc(OC)c(C2CCCN2C(=O)CN2CCC(C(=O)O)CC2)c1.Cl. The Bertz CT molecular complexity index is 691. The first-order chi connectivity index (χ1) is 13.0. The number of ether oxygens (including phenoxy) is 2. The number of rotatable bonds is 6. The van der Waals surface area contributed by atoms with Gasteiger partial charge in [0, 0.05) is 12.1 Å². The van der Waals surface area contributed by atoms with Gasteiger partial charge in [-0.2, -0.15) is 0 Å². The van der Waals surface area contributed by atoms with E-state index in [4.69, 9.17) is 14.6 Å². The number of methoxy groups -OCH3 is 2. The molecular formula is C20H29ClN2O5. The maximum atomic E-state index is 13.0. The van der Waals surface area contributed by atoms with Crippen LogP contribution in [0.1, 0.15) is 37.3 Å². The average molecular weight is 413 g/mol. The van der Waals surface area contributed by atoms with Crippen molar-refractivity contribution in [1.29, 1.82) is 0 Å². The van der Waals surface area contributed by atoms with Gasteiger partial charge in [-0.3, -0.25) is 14.5 Å². The number of piperidine rings is 1. The molecule has 0 radical (unpaired) electrons. The quantitative estimate of drug-likeness (QED) is 0.773. The van der Waals surface area contributed by atoms with E-state index >= 15 is 0 Å². The molecule has 8 heteroatoms. The van der Waals surface area contributed by atoms with Crippen LogP contribution in [0.3, 0.4) is 0 Å². The zero-order valence-corrected chi connectivity index (χ0v) is 17.2. The summed E-state index contributed by atoms with van der Waals surface area (Å²) >= 11 is 0. The normalized spacial score (nSPS) is 20.5. The van der Waals surface area contributed by atoms with E-state index in [1.807, 2.05) is 23.1 Å². The third-order valence-electron chi connectivity index (χ3n) is 5.66. The summed E-state index contributed by atoms with van der Waals surface area (Å²) in [6, 6.07) is 5.68. The van der Waals surface area contributed by atoms with Crippen molar-refractivity contribution < 1.29 is 24.2 Å². The molecule has 2 aliphatic heterocycles. The van der Waals surface area contributed by atoms with Crippen LogP contribution in [0.15, 0.2) is 18.2 Å². The Kier molecular flexibility index (Phi) is 7.95. The monoisotopic (exact) mass is 412 g/mol. The first-order valence-corrected chi connectivity index (χ1v) is 9.50. The second kappa shape index (κ2) is 9.98. The van der Waals surface area contributed by atoms with Crippen LogP contribution in [0, 0.1) is 5.92 Å². The number of amides is 1. The molecule has 1 unspecified atom stereocenters. The number of hydrogen-bond acceptors (Lipinski definition) is 5. The first kappa shape index (κ1) is 22.3. The molecule has 7 nitrogen and oxygen atoms in total. The highest BCUT2D eigenvalue weighted by molar-refractivity contribution is 5.85. The number of carboxylic acids is 1. The topological polar surface area (TPSA) is 79.3 Å². The van der Waals surface area contributed by atoms with Crippen LogP contribution in [0.25, 0.3) is 0 Å². The molecule has 0 spiro atoms. The van der Waals surface area contributed by atoms with Crippen molar-refractivity contribution in [2.75, 3.05) is 40.4 Å². The number of carbonyl (C=O) groups excluding carboxylic acids is 1. The van der Waals surface area contributed by atoms with E-state index in [-0.39, 0.29) is 30.3 Å². The minimum Gasteiger partial charge on any atom is -0.497 e. The predicted octanol–water partition coefficient (Wildman–Crippen LogP) is 2.59. The summed E-state index contributed by atoms with van der Waals surface area (Å²) < 4.78 is 10.9. The highest BCUT2D eigenvalue weighted by Crippen LogP contribution is 2.39. The van der Waals surface area contributed by atoms with E-state index in [0.717, 1.165) is 36.4 Å². The van der Waals surface area contributed by atoms with Crippen LogP contribution in [0.2, 0.25) is 0 Å². The molecule has 0 bridgehead atoms. The Hall–Kier alpha value is -1.99. The minimum absolute atomic E-state index is 0. The van der Waals surface area contributed by atoms with Gasteiger partial charge in [0.25, 0.3) is 0 Å². The Labute approximate surface area is 172 Å². The molecule has 0 aliphatic carbocycles. The number of hydrogen-bond donors (Lipinski definition) is 1. The van der Waals surface area contributed by atoms with Crippen LogP contribution in [-0.2, 0) is 9.59 Å². The van der Waals surface area contributed by atoms with Gasteiger partial charge in [0.2, 0.25) is 5.91 Å². The fourth-order valence-electron chi connectivity index (χ4n) is 4.11. The Balaban J connectivity index is 0.00000280. The number of benzene rings is 1. The summed E-state index contributed by atoms with van der Waals surface area (Å²) in [5.74, 6) is 0.599. The zero-order valence-electron chi connectivity index (χ0n) is 16.4. The lowest BCUT2D eigenvalue weighted by Crippen LogP contribution is -2.44. The lowest BCUT2D eigenvalue weighted by Gasteiger charge is -2.32. The molecule has 1 N–H and O–H groups in total. The predicted molar refractivity (Wildman–Crippen MR) is 107 cm³/mol. The number of aliphatic carboxylic acids is 1. The van der Waals surface area contributed by atoms with Crippen molar-refractivity contribution in [3.05, 3.63) is 23.8 Å². The molecule has 156 valence electrons. The summed E-state index contributed by atoms with van der Waals surface area (Å²) in [7, 11) is 3.27. The summed E-state index contributed by atoms with van der Waals surface area (Å²) in [5.41, 5.74) is 0.979. The highest BCUT2D eigenvalue weighted by Gasteiger charge is 2.34. The third-order valence-corrected chi connectivity index (χ3v) is 5.66. The van der Waals surface area contributed by atoms with Gasteiger partial charge in [-0.05, 0) is 57.0 Å². The Morgan fingerprint density at radius 3 is 2.43 bits per heavy atom. The van der Waals surface area contributed by atoms with Gasteiger partial charge in [0.05, 0.1) is 32.7 Å². The van der Waals surface area contributed by atoms with Gasteiger partial charge < -0.3 is 19.5 Å². The van der Waals surface area contributed by atoms with Crippen molar-refractivity contribution in [1.82, 2.24) is 9.80 Å². The third kappa shape index (κ3) is 4.89. The van der Waals surface area contributed by atoms with Crippen LogP contribution < -0.4 is 9.47 Å². The number of nitrogens with zero attached hydrogens (tertiary/aromatic N) is 2. The fourth-order valence-corrected chi connectivity index (χ4v) is 4.11. The molecule has 2 aliphatic rings. The molecule has 0 saturated carbocycles. The van der Waals surface area contributed by atoms with E-state index in [1.54, 1.807) is 14.2 Å². The lowest BCUT2D eigenvalue weighted by atomic mass is 9.97. The van der Waals surface area contributed by atoms with Crippen molar-refractivity contribution in [3.8, 4) is 11.5 Å². The maximum absolute atomic E-state index is 13.0. The molecule has 3 rings (SSSR count). The molecular weight excluding hydrogens is 384 g/mol. The van der Waals surface area contributed by atoms with E-state index in [1.165, 1.54) is 0 Å². The van der Waals surface area contributed by atoms with Gasteiger partial charge in [0.1, 0.15) is 11.5 Å². The van der Waals surface area contributed by atoms with Gasteiger partial charge in [-0.25, -0.2) is 0 Å². The summed E-state index contributed by atoms with van der Waals surface area (Å²) in [6.07, 6.45) is 3.07. The molecule has 28 heavy (non-hydrogen) atoms. The van der Waals surface area contributed by atoms with Gasteiger partial charge in [-0.15, -0.1) is 12.4 Å². The highest BCUT2D eigenvalue weighted by atomic mass is 35.5. The number of likely N-dealkylation sites (tertiary alicyclic amines) is 2. The second-order valence-corrected chi connectivity index (χ2v) is 7.24. The lowest BCUT2D eigenvalue weighted by molar-refractivity contribution is -0.143. The van der Waals surface area contributed by atoms with Crippen LogP contribution in [0.5, 0.6) is 11.5 Å². The molecule has 1 atom stereocenters. The van der Waals surface area contributed by atoms with E-state index in [2.05, 4.69) is 4.90 Å². The van der Waals surface area contributed by atoms with Crippen LogP contribution >= 0.6 is 12.4 Å². The smallest absolute Gasteiger partial charge is 0.306 e. The zero-order chi connectivity index (χ0) is 19.4. The van der Waals surface area contributed by atoms with Crippen molar-refractivity contribution in [2.24, 2.45) is 5.92 Å². The largest absolute Gasteiger partial charge is 0.497 e. The summed E-state index contributed by atoms with van der Waals surface area (Å²) in [6.45, 7) is 2.39.